The summed E-state index contributed by atoms with van der Waals surface area (Å²) in [5.41, 5.74) is 6.33. The molecule has 0 radical (unpaired) electrons. The second-order valence-corrected chi connectivity index (χ2v) is 6.84. The standard InChI is InChI=1S/C24H20ClN3/c1-2-13-28-14-12-22-21(24(28)26)15-20(18-6-4-3-5-7-18)23(27-22)19-10-8-17(16-25)9-11-19/h2-15,26H,16H2,1H3/b13-2-,26-24?. The van der Waals surface area contributed by atoms with Crippen molar-refractivity contribution in [3.8, 4) is 22.4 Å². The van der Waals surface area contributed by atoms with Gasteiger partial charge >= 0.3 is 0 Å². The van der Waals surface area contributed by atoms with Crippen LogP contribution in [0.1, 0.15) is 12.5 Å². The van der Waals surface area contributed by atoms with E-state index in [1.54, 1.807) is 4.57 Å². The van der Waals surface area contributed by atoms with Gasteiger partial charge in [-0.25, -0.2) is 4.98 Å². The number of nitrogens with zero attached hydrogens (tertiary/aromatic N) is 2. The lowest BCUT2D eigenvalue weighted by Gasteiger charge is -2.13. The molecule has 4 rings (SSSR count). The molecule has 0 unspecified atom stereocenters. The van der Waals surface area contributed by atoms with Crippen molar-refractivity contribution >= 4 is 28.7 Å². The molecule has 4 aromatic rings. The maximum absolute atomic E-state index is 8.59. The van der Waals surface area contributed by atoms with Crippen molar-refractivity contribution in [1.82, 2.24) is 9.55 Å². The molecule has 138 valence electrons. The summed E-state index contributed by atoms with van der Waals surface area (Å²) in [7, 11) is 0. The number of nitrogens with one attached hydrogen (secondary N) is 1. The molecular weight excluding hydrogens is 366 g/mol. The summed E-state index contributed by atoms with van der Waals surface area (Å²) in [6.07, 6.45) is 5.67. The number of fused-ring (bicyclic) bond motifs is 1. The van der Waals surface area contributed by atoms with Gasteiger partial charge in [-0.1, -0.05) is 60.7 Å². The molecule has 3 nitrogen and oxygen atoms in total. The van der Waals surface area contributed by atoms with Crippen molar-refractivity contribution in [1.29, 1.82) is 5.41 Å². The predicted octanol–water partition coefficient (Wildman–Crippen LogP) is 6.08. The Morgan fingerprint density at radius 3 is 2.43 bits per heavy atom. The van der Waals surface area contributed by atoms with Crippen molar-refractivity contribution in [2.45, 2.75) is 12.8 Å². The zero-order valence-corrected chi connectivity index (χ0v) is 16.3. The van der Waals surface area contributed by atoms with Crippen molar-refractivity contribution in [2.75, 3.05) is 0 Å². The summed E-state index contributed by atoms with van der Waals surface area (Å²) in [4.78, 5) is 4.95. The lowest BCUT2D eigenvalue weighted by Crippen LogP contribution is -2.15. The molecule has 28 heavy (non-hydrogen) atoms. The second-order valence-electron chi connectivity index (χ2n) is 6.57. The van der Waals surface area contributed by atoms with Crippen LogP contribution in [0.4, 0.5) is 0 Å². The van der Waals surface area contributed by atoms with E-state index in [4.69, 9.17) is 22.0 Å². The highest BCUT2D eigenvalue weighted by atomic mass is 35.5. The molecule has 0 spiro atoms. The number of hydrogen-bond donors (Lipinski definition) is 1. The minimum atomic E-state index is 0.421. The van der Waals surface area contributed by atoms with Crippen LogP contribution in [0.5, 0.6) is 0 Å². The molecule has 0 bridgehead atoms. The van der Waals surface area contributed by atoms with E-state index in [1.165, 1.54) is 0 Å². The van der Waals surface area contributed by atoms with Crippen LogP contribution in [0.3, 0.4) is 0 Å². The summed E-state index contributed by atoms with van der Waals surface area (Å²) < 4.78 is 1.80. The molecule has 2 aromatic carbocycles. The number of alkyl halides is 1. The minimum Gasteiger partial charge on any atom is -0.309 e. The van der Waals surface area contributed by atoms with E-state index < -0.39 is 0 Å². The van der Waals surface area contributed by atoms with Crippen LogP contribution in [-0.2, 0) is 5.88 Å². The van der Waals surface area contributed by atoms with Crippen LogP contribution in [0.2, 0.25) is 0 Å². The molecule has 0 saturated heterocycles. The fourth-order valence-electron chi connectivity index (χ4n) is 3.30. The van der Waals surface area contributed by atoms with Gasteiger partial charge in [0.1, 0.15) is 5.49 Å². The number of aromatic nitrogens is 2. The van der Waals surface area contributed by atoms with Crippen molar-refractivity contribution < 1.29 is 0 Å². The Labute approximate surface area is 169 Å². The molecule has 0 aliphatic heterocycles. The number of halogens is 1. The fraction of sp³-hybridized carbons (Fsp3) is 0.0833. The van der Waals surface area contributed by atoms with Crippen LogP contribution in [-0.4, -0.2) is 9.55 Å². The molecule has 2 heterocycles. The van der Waals surface area contributed by atoms with Gasteiger partial charge in [-0.3, -0.25) is 5.41 Å². The molecular formula is C24H20ClN3. The molecule has 0 aliphatic rings. The van der Waals surface area contributed by atoms with Crippen LogP contribution < -0.4 is 5.49 Å². The maximum Gasteiger partial charge on any atom is 0.138 e. The third-order valence-corrected chi connectivity index (χ3v) is 5.04. The first-order chi connectivity index (χ1) is 13.7. The highest BCUT2D eigenvalue weighted by molar-refractivity contribution is 6.17. The van der Waals surface area contributed by atoms with Crippen molar-refractivity contribution in [3.63, 3.8) is 0 Å². The van der Waals surface area contributed by atoms with Gasteiger partial charge in [0, 0.05) is 34.8 Å². The Balaban J connectivity index is 2.02. The van der Waals surface area contributed by atoms with Gasteiger partial charge in [-0.15, -0.1) is 11.6 Å². The highest BCUT2D eigenvalue weighted by Crippen LogP contribution is 2.32. The molecule has 0 aliphatic carbocycles. The highest BCUT2D eigenvalue weighted by Gasteiger charge is 2.13. The van der Waals surface area contributed by atoms with E-state index in [1.807, 2.05) is 61.8 Å². The topological polar surface area (TPSA) is 41.7 Å². The number of benzene rings is 2. The molecule has 0 atom stereocenters. The average molecular weight is 386 g/mol. The van der Waals surface area contributed by atoms with Gasteiger partial charge in [0.2, 0.25) is 0 Å². The van der Waals surface area contributed by atoms with E-state index in [0.717, 1.165) is 38.9 Å². The minimum absolute atomic E-state index is 0.421. The number of allylic oxidation sites excluding steroid dienone is 1. The molecule has 1 N–H and O–H groups in total. The van der Waals surface area contributed by atoms with Crippen LogP contribution >= 0.6 is 11.6 Å². The zero-order valence-electron chi connectivity index (χ0n) is 15.6. The van der Waals surface area contributed by atoms with Gasteiger partial charge in [-0.2, -0.15) is 0 Å². The van der Waals surface area contributed by atoms with Gasteiger partial charge < -0.3 is 4.57 Å². The van der Waals surface area contributed by atoms with Crippen LogP contribution in [0.15, 0.2) is 79.0 Å². The Kier molecular flexibility index (Phi) is 5.09. The quantitative estimate of drug-likeness (QED) is 0.425. The van der Waals surface area contributed by atoms with E-state index in [2.05, 4.69) is 30.3 Å². The lowest BCUT2D eigenvalue weighted by atomic mass is 9.97. The fourth-order valence-corrected chi connectivity index (χ4v) is 3.48. The van der Waals surface area contributed by atoms with Gasteiger partial charge in [-0.05, 0) is 30.2 Å². The summed E-state index contributed by atoms with van der Waals surface area (Å²) in [5, 5.41) is 9.41. The molecule has 0 amide bonds. The van der Waals surface area contributed by atoms with Gasteiger partial charge in [0.15, 0.2) is 0 Å². The third kappa shape index (κ3) is 3.37. The average Bonchev–Trinajstić information content (AvgIpc) is 2.76. The maximum atomic E-state index is 8.59. The summed E-state index contributed by atoms with van der Waals surface area (Å²) in [5.74, 6) is 0.490. The Morgan fingerprint density at radius 1 is 1.00 bits per heavy atom. The van der Waals surface area contributed by atoms with Crippen LogP contribution in [0.25, 0.3) is 39.5 Å². The van der Waals surface area contributed by atoms with Crippen LogP contribution in [0, 0.1) is 5.41 Å². The Morgan fingerprint density at radius 2 is 1.75 bits per heavy atom. The monoisotopic (exact) mass is 385 g/mol. The number of pyridine rings is 2. The largest absolute Gasteiger partial charge is 0.309 e. The molecule has 4 heteroatoms. The summed E-state index contributed by atoms with van der Waals surface area (Å²) >= 11 is 5.94. The summed E-state index contributed by atoms with van der Waals surface area (Å²) in [6, 6.07) is 22.4. The first-order valence-corrected chi connectivity index (χ1v) is 9.68. The number of hydrogen-bond acceptors (Lipinski definition) is 2. The van der Waals surface area contributed by atoms with E-state index in [-0.39, 0.29) is 0 Å². The van der Waals surface area contributed by atoms with Crippen molar-refractivity contribution in [2.24, 2.45) is 0 Å². The SMILES string of the molecule is C/C=C\n1ccc2nc(-c3ccc(CCl)cc3)c(-c3ccccc3)cc2c1=N. The first kappa shape index (κ1) is 18.2. The van der Waals surface area contributed by atoms with E-state index in [9.17, 15) is 0 Å². The Hall–Kier alpha value is -3.17. The smallest absolute Gasteiger partial charge is 0.138 e. The summed E-state index contributed by atoms with van der Waals surface area (Å²) in [6.45, 7) is 1.94. The Bertz CT molecular complexity index is 1210. The number of rotatable bonds is 4. The third-order valence-electron chi connectivity index (χ3n) is 4.73. The molecule has 2 aromatic heterocycles. The van der Waals surface area contributed by atoms with Gasteiger partial charge in [0.25, 0.3) is 0 Å². The second kappa shape index (κ2) is 7.83. The normalized spacial score (nSPS) is 11.4. The van der Waals surface area contributed by atoms with Gasteiger partial charge in [0.05, 0.1) is 11.2 Å². The zero-order chi connectivity index (χ0) is 19.5. The lowest BCUT2D eigenvalue weighted by molar-refractivity contribution is 0.994. The van der Waals surface area contributed by atoms with E-state index >= 15 is 0 Å². The first-order valence-electron chi connectivity index (χ1n) is 9.15. The van der Waals surface area contributed by atoms with E-state index in [0.29, 0.717) is 11.4 Å². The molecule has 0 saturated carbocycles. The van der Waals surface area contributed by atoms with Crippen molar-refractivity contribution in [3.05, 3.63) is 90.1 Å². The predicted molar refractivity (Wildman–Crippen MR) is 117 cm³/mol. The molecule has 0 fully saturated rings.